The summed E-state index contributed by atoms with van der Waals surface area (Å²) < 4.78 is 32.9. The average molecular weight is 241 g/mol. The van der Waals surface area contributed by atoms with Crippen molar-refractivity contribution in [1.82, 2.24) is 5.32 Å². The van der Waals surface area contributed by atoms with Gasteiger partial charge in [-0.2, -0.15) is 0 Å². The topological polar surface area (TPSA) is 21.3 Å². The van der Waals surface area contributed by atoms with Crippen molar-refractivity contribution in [1.29, 1.82) is 0 Å². The molecule has 94 valence electrons. The third kappa shape index (κ3) is 2.27. The summed E-state index contributed by atoms with van der Waals surface area (Å²) in [6.45, 7) is 2.82. The fraction of sp³-hybridized carbons (Fsp3) is 0.538. The van der Waals surface area contributed by atoms with E-state index in [1.54, 1.807) is 19.1 Å². The van der Waals surface area contributed by atoms with E-state index in [4.69, 9.17) is 4.74 Å². The summed E-state index contributed by atoms with van der Waals surface area (Å²) in [5, 5.41) is 3.01. The standard InChI is InChI=1S/C13H17F2NO/c1-9(13(15)5-6-16-8-13)10-3-4-12(17-2)11(14)7-10/h3-4,7,9,16H,5-6,8H2,1-2H3/t9-,13-/m0/s1. The Morgan fingerprint density at radius 2 is 2.24 bits per heavy atom. The smallest absolute Gasteiger partial charge is 0.165 e. The molecule has 1 saturated heterocycles. The summed E-state index contributed by atoms with van der Waals surface area (Å²) in [5.41, 5.74) is -0.601. The molecule has 0 spiro atoms. The molecule has 1 aliphatic heterocycles. The van der Waals surface area contributed by atoms with E-state index >= 15 is 0 Å². The quantitative estimate of drug-likeness (QED) is 0.878. The number of alkyl halides is 1. The van der Waals surface area contributed by atoms with E-state index in [0.717, 1.165) is 0 Å². The van der Waals surface area contributed by atoms with Crippen LogP contribution in [0.3, 0.4) is 0 Å². The molecule has 0 saturated carbocycles. The van der Waals surface area contributed by atoms with Crippen LogP contribution in [0.5, 0.6) is 5.75 Å². The maximum absolute atomic E-state index is 14.5. The first kappa shape index (κ1) is 12.3. The van der Waals surface area contributed by atoms with Crippen LogP contribution in [0.2, 0.25) is 0 Å². The number of nitrogens with one attached hydrogen (secondary N) is 1. The zero-order chi connectivity index (χ0) is 12.5. The number of halogens is 2. The Labute approximate surface area is 100.0 Å². The molecule has 0 bridgehead atoms. The minimum absolute atomic E-state index is 0.193. The lowest BCUT2D eigenvalue weighted by atomic mass is 9.84. The maximum Gasteiger partial charge on any atom is 0.165 e. The highest BCUT2D eigenvalue weighted by molar-refractivity contribution is 5.32. The van der Waals surface area contributed by atoms with Crippen molar-refractivity contribution in [2.45, 2.75) is 24.9 Å². The van der Waals surface area contributed by atoms with Gasteiger partial charge in [0.15, 0.2) is 11.6 Å². The fourth-order valence-corrected chi connectivity index (χ4v) is 2.30. The van der Waals surface area contributed by atoms with E-state index in [1.807, 2.05) is 0 Å². The molecular formula is C13H17F2NO. The SMILES string of the molecule is COc1ccc([C@H](C)[C@]2(F)CCNC2)cc1F. The maximum atomic E-state index is 14.5. The van der Waals surface area contributed by atoms with Gasteiger partial charge in [-0.3, -0.25) is 0 Å². The molecule has 0 unspecified atom stereocenters. The van der Waals surface area contributed by atoms with Gasteiger partial charge in [0, 0.05) is 12.5 Å². The lowest BCUT2D eigenvalue weighted by Gasteiger charge is -2.26. The molecule has 0 aromatic heterocycles. The van der Waals surface area contributed by atoms with Gasteiger partial charge in [-0.25, -0.2) is 8.78 Å². The molecule has 2 rings (SSSR count). The van der Waals surface area contributed by atoms with Gasteiger partial charge in [0.1, 0.15) is 5.67 Å². The van der Waals surface area contributed by atoms with Crippen LogP contribution in [0, 0.1) is 5.82 Å². The number of ether oxygens (including phenoxy) is 1. The van der Waals surface area contributed by atoms with Crippen LogP contribution in [0.25, 0.3) is 0 Å². The normalized spacial score (nSPS) is 25.9. The van der Waals surface area contributed by atoms with Crippen LogP contribution in [0.1, 0.15) is 24.8 Å². The summed E-state index contributed by atoms with van der Waals surface area (Å²) in [6.07, 6.45) is 0.474. The van der Waals surface area contributed by atoms with Crippen molar-refractivity contribution >= 4 is 0 Å². The van der Waals surface area contributed by atoms with Crippen molar-refractivity contribution in [2.75, 3.05) is 20.2 Å². The molecule has 1 aliphatic rings. The number of hydrogen-bond acceptors (Lipinski definition) is 2. The van der Waals surface area contributed by atoms with E-state index < -0.39 is 11.5 Å². The number of methoxy groups -OCH3 is 1. The first-order valence-corrected chi connectivity index (χ1v) is 5.80. The average Bonchev–Trinajstić information content (AvgIpc) is 2.76. The van der Waals surface area contributed by atoms with Crippen LogP contribution >= 0.6 is 0 Å². The summed E-state index contributed by atoms with van der Waals surface area (Å²) in [6, 6.07) is 4.64. The van der Waals surface area contributed by atoms with Gasteiger partial charge < -0.3 is 10.1 Å². The van der Waals surface area contributed by atoms with Gasteiger partial charge in [-0.1, -0.05) is 13.0 Å². The van der Waals surface area contributed by atoms with Crippen molar-refractivity contribution in [3.63, 3.8) is 0 Å². The Kier molecular flexibility index (Phi) is 3.33. The van der Waals surface area contributed by atoms with Crippen LogP contribution in [-0.4, -0.2) is 25.9 Å². The van der Waals surface area contributed by atoms with Crippen LogP contribution in [0.4, 0.5) is 8.78 Å². The highest BCUT2D eigenvalue weighted by atomic mass is 19.1. The molecule has 1 fully saturated rings. The third-order valence-corrected chi connectivity index (χ3v) is 3.59. The van der Waals surface area contributed by atoms with E-state index in [1.165, 1.54) is 13.2 Å². The molecule has 1 N–H and O–H groups in total. The lowest BCUT2D eigenvalue weighted by molar-refractivity contribution is 0.155. The molecule has 2 atom stereocenters. The molecule has 4 heteroatoms. The number of rotatable bonds is 3. The van der Waals surface area contributed by atoms with Gasteiger partial charge >= 0.3 is 0 Å². The Hall–Kier alpha value is -1.16. The Bertz CT molecular complexity index is 402. The third-order valence-electron chi connectivity index (χ3n) is 3.59. The van der Waals surface area contributed by atoms with Crippen molar-refractivity contribution in [3.05, 3.63) is 29.6 Å². The number of benzene rings is 1. The molecule has 2 nitrogen and oxygen atoms in total. The monoisotopic (exact) mass is 241 g/mol. The Balaban J connectivity index is 2.25. The second-order valence-electron chi connectivity index (χ2n) is 4.58. The Morgan fingerprint density at radius 3 is 2.76 bits per heavy atom. The van der Waals surface area contributed by atoms with Crippen LogP contribution in [-0.2, 0) is 0 Å². The highest BCUT2D eigenvalue weighted by Crippen LogP contribution is 2.37. The molecule has 1 heterocycles. The van der Waals surface area contributed by atoms with Crippen molar-refractivity contribution < 1.29 is 13.5 Å². The van der Waals surface area contributed by atoms with E-state index in [-0.39, 0.29) is 11.7 Å². The molecule has 1 aromatic rings. The molecule has 17 heavy (non-hydrogen) atoms. The molecule has 0 aliphatic carbocycles. The number of hydrogen-bond donors (Lipinski definition) is 1. The van der Waals surface area contributed by atoms with E-state index in [0.29, 0.717) is 25.1 Å². The summed E-state index contributed by atoms with van der Waals surface area (Å²) in [4.78, 5) is 0. The lowest BCUT2D eigenvalue weighted by Crippen LogP contribution is -2.32. The van der Waals surface area contributed by atoms with Crippen molar-refractivity contribution in [2.24, 2.45) is 0 Å². The minimum Gasteiger partial charge on any atom is -0.494 e. The van der Waals surface area contributed by atoms with Gasteiger partial charge in [0.2, 0.25) is 0 Å². The largest absolute Gasteiger partial charge is 0.494 e. The highest BCUT2D eigenvalue weighted by Gasteiger charge is 2.40. The summed E-state index contributed by atoms with van der Waals surface area (Å²) in [7, 11) is 1.42. The zero-order valence-corrected chi connectivity index (χ0v) is 10.1. The first-order valence-electron chi connectivity index (χ1n) is 5.80. The molecular weight excluding hydrogens is 224 g/mol. The minimum atomic E-state index is -1.28. The predicted octanol–water partition coefficient (Wildman–Crippen LogP) is 2.64. The van der Waals surface area contributed by atoms with Crippen LogP contribution in [0.15, 0.2) is 18.2 Å². The molecule has 1 aromatic carbocycles. The zero-order valence-electron chi connectivity index (χ0n) is 10.1. The van der Waals surface area contributed by atoms with Gasteiger partial charge in [-0.15, -0.1) is 0 Å². The van der Waals surface area contributed by atoms with Gasteiger partial charge in [0.25, 0.3) is 0 Å². The van der Waals surface area contributed by atoms with Crippen LogP contribution < -0.4 is 10.1 Å². The fourth-order valence-electron chi connectivity index (χ4n) is 2.30. The second kappa shape index (κ2) is 4.61. The predicted molar refractivity (Wildman–Crippen MR) is 62.7 cm³/mol. The van der Waals surface area contributed by atoms with E-state index in [9.17, 15) is 8.78 Å². The summed E-state index contributed by atoms with van der Waals surface area (Å²) >= 11 is 0. The van der Waals surface area contributed by atoms with Gasteiger partial charge in [-0.05, 0) is 30.7 Å². The molecule has 0 amide bonds. The second-order valence-corrected chi connectivity index (χ2v) is 4.58. The summed E-state index contributed by atoms with van der Waals surface area (Å²) in [5.74, 6) is -0.567. The first-order chi connectivity index (χ1) is 8.07. The molecule has 0 radical (unpaired) electrons. The van der Waals surface area contributed by atoms with Crippen molar-refractivity contribution in [3.8, 4) is 5.75 Å². The van der Waals surface area contributed by atoms with Gasteiger partial charge in [0.05, 0.1) is 7.11 Å². The van der Waals surface area contributed by atoms with E-state index in [2.05, 4.69) is 5.32 Å². The Morgan fingerprint density at radius 1 is 1.47 bits per heavy atom.